The molecule has 5 rings (SSSR count). The third kappa shape index (κ3) is 3.97. The van der Waals surface area contributed by atoms with Crippen molar-refractivity contribution in [2.24, 2.45) is 0 Å². The van der Waals surface area contributed by atoms with E-state index >= 15 is 0 Å². The second kappa shape index (κ2) is 8.12. The fourth-order valence-corrected chi connectivity index (χ4v) is 3.94. The van der Waals surface area contributed by atoms with Crippen LogP contribution in [0, 0.1) is 6.92 Å². The van der Waals surface area contributed by atoms with E-state index in [9.17, 15) is 0 Å². The van der Waals surface area contributed by atoms with Crippen LogP contribution in [0.1, 0.15) is 23.7 Å². The summed E-state index contributed by atoms with van der Waals surface area (Å²) < 4.78 is 0. The first kappa shape index (κ1) is 18.6. The van der Waals surface area contributed by atoms with Gasteiger partial charge in [0.15, 0.2) is 0 Å². The van der Waals surface area contributed by atoms with Crippen LogP contribution in [0.25, 0.3) is 10.9 Å². The first-order valence-corrected chi connectivity index (χ1v) is 10.3. The number of aromatic nitrogens is 4. The summed E-state index contributed by atoms with van der Waals surface area (Å²) in [7, 11) is 0. The van der Waals surface area contributed by atoms with E-state index in [1.807, 2.05) is 31.3 Å². The summed E-state index contributed by atoms with van der Waals surface area (Å²) in [5, 5.41) is 15.2. The molecule has 1 aliphatic rings. The molecule has 0 spiro atoms. The van der Waals surface area contributed by atoms with Crippen molar-refractivity contribution >= 4 is 28.4 Å². The predicted molar refractivity (Wildman–Crippen MR) is 120 cm³/mol. The average molecular weight is 400 g/mol. The molecule has 0 amide bonds. The smallest absolute Gasteiger partial charge is 0.227 e. The summed E-state index contributed by atoms with van der Waals surface area (Å²) in [5.41, 5.74) is 4.24. The van der Waals surface area contributed by atoms with Gasteiger partial charge in [-0.15, -0.1) is 0 Å². The Kier molecular flexibility index (Phi) is 5.03. The molecule has 4 aromatic rings. The SMILES string of the molecule is Cc1cc(Nc2ccc3[nH]ncc3c2)nc(N2CCCNC(c3ccccc3)C2)n1. The molecular formula is C23H25N7. The molecule has 7 nitrogen and oxygen atoms in total. The quantitative estimate of drug-likeness (QED) is 0.482. The van der Waals surface area contributed by atoms with E-state index in [-0.39, 0.29) is 6.04 Å². The Hall–Kier alpha value is -3.45. The molecule has 1 atom stereocenters. The molecule has 0 aliphatic carbocycles. The zero-order valence-electron chi connectivity index (χ0n) is 17.0. The van der Waals surface area contributed by atoms with Crippen LogP contribution < -0.4 is 15.5 Å². The number of nitrogens with one attached hydrogen (secondary N) is 3. The first-order chi connectivity index (χ1) is 14.7. The minimum Gasteiger partial charge on any atom is -0.340 e. The Morgan fingerprint density at radius 1 is 1.07 bits per heavy atom. The standard InChI is InChI=1S/C23H25N7/c1-16-12-22(27-19-8-9-20-18(13-19)14-25-29-20)28-23(26-16)30-11-5-10-24-21(15-30)17-6-3-2-4-7-17/h2-4,6-9,12-14,21,24H,5,10-11,15H2,1H3,(H,25,29)(H,26,27,28). The van der Waals surface area contributed by atoms with Gasteiger partial charge in [-0.25, -0.2) is 4.98 Å². The molecule has 152 valence electrons. The lowest BCUT2D eigenvalue weighted by molar-refractivity contribution is 0.568. The molecular weight excluding hydrogens is 374 g/mol. The number of hydrogen-bond donors (Lipinski definition) is 3. The minimum atomic E-state index is 0.262. The van der Waals surface area contributed by atoms with Crippen molar-refractivity contribution in [2.45, 2.75) is 19.4 Å². The molecule has 1 fully saturated rings. The number of aryl methyl sites for hydroxylation is 1. The Morgan fingerprint density at radius 2 is 1.97 bits per heavy atom. The maximum atomic E-state index is 4.84. The number of fused-ring (bicyclic) bond motifs is 1. The normalized spacial score (nSPS) is 17.1. The van der Waals surface area contributed by atoms with Gasteiger partial charge in [0.2, 0.25) is 5.95 Å². The summed E-state index contributed by atoms with van der Waals surface area (Å²) in [6, 6.07) is 18.9. The number of hydrogen-bond acceptors (Lipinski definition) is 6. The van der Waals surface area contributed by atoms with Gasteiger partial charge in [0.05, 0.1) is 11.7 Å². The highest BCUT2D eigenvalue weighted by atomic mass is 15.3. The minimum absolute atomic E-state index is 0.262. The van der Waals surface area contributed by atoms with Crippen molar-refractivity contribution in [3.63, 3.8) is 0 Å². The van der Waals surface area contributed by atoms with Gasteiger partial charge in [0, 0.05) is 42.0 Å². The van der Waals surface area contributed by atoms with Gasteiger partial charge in [-0.1, -0.05) is 30.3 Å². The topological polar surface area (TPSA) is 81.8 Å². The fraction of sp³-hybridized carbons (Fsp3) is 0.261. The van der Waals surface area contributed by atoms with E-state index in [1.54, 1.807) is 0 Å². The van der Waals surface area contributed by atoms with E-state index in [4.69, 9.17) is 9.97 Å². The number of anilines is 3. The highest BCUT2D eigenvalue weighted by molar-refractivity contribution is 5.82. The van der Waals surface area contributed by atoms with Crippen LogP contribution in [-0.2, 0) is 0 Å². The zero-order valence-corrected chi connectivity index (χ0v) is 17.0. The second-order valence-corrected chi connectivity index (χ2v) is 7.71. The second-order valence-electron chi connectivity index (χ2n) is 7.71. The lowest BCUT2D eigenvalue weighted by atomic mass is 10.1. The van der Waals surface area contributed by atoms with Gasteiger partial charge in [-0.2, -0.15) is 10.1 Å². The predicted octanol–water partition coefficient (Wildman–Crippen LogP) is 3.95. The Labute approximate surface area is 175 Å². The number of rotatable bonds is 4. The van der Waals surface area contributed by atoms with Crippen molar-refractivity contribution < 1.29 is 0 Å². The van der Waals surface area contributed by atoms with Crippen molar-refractivity contribution in [3.05, 3.63) is 72.1 Å². The molecule has 0 radical (unpaired) electrons. The van der Waals surface area contributed by atoms with Crippen LogP contribution in [0.15, 0.2) is 60.8 Å². The third-order valence-electron chi connectivity index (χ3n) is 5.44. The highest BCUT2D eigenvalue weighted by Crippen LogP contribution is 2.24. The van der Waals surface area contributed by atoms with Gasteiger partial charge in [0.25, 0.3) is 0 Å². The lowest BCUT2D eigenvalue weighted by Gasteiger charge is -2.25. The van der Waals surface area contributed by atoms with Crippen LogP contribution in [0.3, 0.4) is 0 Å². The molecule has 1 unspecified atom stereocenters. The summed E-state index contributed by atoms with van der Waals surface area (Å²) in [4.78, 5) is 11.9. The van der Waals surface area contributed by atoms with Gasteiger partial charge in [-0.05, 0) is 43.7 Å². The molecule has 3 heterocycles. The maximum Gasteiger partial charge on any atom is 0.227 e. The summed E-state index contributed by atoms with van der Waals surface area (Å²) in [6.45, 7) is 4.77. The van der Waals surface area contributed by atoms with E-state index < -0.39 is 0 Å². The molecule has 1 aliphatic heterocycles. The molecule has 7 heteroatoms. The molecule has 2 aromatic carbocycles. The van der Waals surface area contributed by atoms with Crippen LogP contribution >= 0.6 is 0 Å². The van der Waals surface area contributed by atoms with E-state index in [2.05, 4.69) is 62.1 Å². The molecule has 2 aromatic heterocycles. The van der Waals surface area contributed by atoms with Crippen molar-refractivity contribution in [3.8, 4) is 0 Å². The fourth-order valence-electron chi connectivity index (χ4n) is 3.94. The zero-order chi connectivity index (χ0) is 20.3. The summed E-state index contributed by atoms with van der Waals surface area (Å²) in [6.07, 6.45) is 2.88. The Bertz CT molecular complexity index is 1140. The first-order valence-electron chi connectivity index (χ1n) is 10.3. The number of nitrogens with zero attached hydrogens (tertiary/aromatic N) is 4. The molecule has 1 saturated heterocycles. The summed E-state index contributed by atoms with van der Waals surface area (Å²) in [5.74, 6) is 1.57. The number of benzene rings is 2. The monoisotopic (exact) mass is 399 g/mol. The lowest BCUT2D eigenvalue weighted by Crippen LogP contribution is -2.32. The molecule has 30 heavy (non-hydrogen) atoms. The average Bonchev–Trinajstić information content (AvgIpc) is 3.08. The van der Waals surface area contributed by atoms with E-state index in [1.165, 1.54) is 5.56 Å². The molecule has 0 bridgehead atoms. The largest absolute Gasteiger partial charge is 0.340 e. The summed E-state index contributed by atoms with van der Waals surface area (Å²) >= 11 is 0. The van der Waals surface area contributed by atoms with E-state index in [0.29, 0.717) is 0 Å². The molecule has 3 N–H and O–H groups in total. The number of aromatic amines is 1. The maximum absolute atomic E-state index is 4.84. The van der Waals surface area contributed by atoms with Gasteiger partial charge in [0.1, 0.15) is 5.82 Å². The van der Waals surface area contributed by atoms with Crippen molar-refractivity contribution in [1.82, 2.24) is 25.5 Å². The van der Waals surface area contributed by atoms with E-state index in [0.717, 1.165) is 60.1 Å². The Morgan fingerprint density at radius 3 is 2.87 bits per heavy atom. The Balaban J connectivity index is 1.40. The van der Waals surface area contributed by atoms with Crippen molar-refractivity contribution in [1.29, 1.82) is 0 Å². The third-order valence-corrected chi connectivity index (χ3v) is 5.44. The molecule has 0 saturated carbocycles. The number of H-pyrrole nitrogens is 1. The van der Waals surface area contributed by atoms with Gasteiger partial charge in [-0.3, -0.25) is 5.10 Å². The van der Waals surface area contributed by atoms with Crippen LogP contribution in [0.2, 0.25) is 0 Å². The van der Waals surface area contributed by atoms with Crippen LogP contribution in [-0.4, -0.2) is 39.8 Å². The van der Waals surface area contributed by atoms with Crippen molar-refractivity contribution in [2.75, 3.05) is 29.9 Å². The van der Waals surface area contributed by atoms with Gasteiger partial charge >= 0.3 is 0 Å². The van der Waals surface area contributed by atoms with Crippen LogP contribution in [0.5, 0.6) is 0 Å². The highest BCUT2D eigenvalue weighted by Gasteiger charge is 2.21. The van der Waals surface area contributed by atoms with Crippen LogP contribution in [0.4, 0.5) is 17.5 Å². The van der Waals surface area contributed by atoms with Gasteiger partial charge < -0.3 is 15.5 Å².